The average Bonchev–Trinajstić information content (AvgIpc) is 2.69. The number of ketones is 1. The van der Waals surface area contributed by atoms with Gasteiger partial charge in [0.25, 0.3) is 0 Å². The van der Waals surface area contributed by atoms with Crippen LogP contribution in [0, 0.1) is 5.92 Å². The zero-order valence-corrected chi connectivity index (χ0v) is 17.8. The van der Waals surface area contributed by atoms with Gasteiger partial charge in [-0.05, 0) is 49.1 Å². The smallest absolute Gasteiger partial charge is 0.243 e. The molecule has 0 atom stereocenters. The SMILES string of the molecule is CC1CCN(S(=O)(=O)c2cccc(C(=O)CNc3ccc(Cl)c(Cl)c3)c2)CC1. The molecule has 0 amide bonds. The van der Waals surface area contributed by atoms with Crippen LogP contribution < -0.4 is 5.32 Å². The Balaban J connectivity index is 1.71. The molecule has 150 valence electrons. The molecule has 0 unspecified atom stereocenters. The van der Waals surface area contributed by atoms with Gasteiger partial charge in [0.05, 0.1) is 21.5 Å². The van der Waals surface area contributed by atoms with Gasteiger partial charge in [0.15, 0.2) is 5.78 Å². The van der Waals surface area contributed by atoms with Gasteiger partial charge in [-0.1, -0.05) is 42.3 Å². The monoisotopic (exact) mass is 440 g/mol. The van der Waals surface area contributed by atoms with Crippen LogP contribution in [0.1, 0.15) is 30.1 Å². The molecule has 8 heteroatoms. The first-order chi connectivity index (χ1) is 13.3. The van der Waals surface area contributed by atoms with E-state index in [1.54, 1.807) is 30.3 Å². The van der Waals surface area contributed by atoms with Crippen LogP contribution in [0.25, 0.3) is 0 Å². The maximum atomic E-state index is 12.9. The molecular weight excluding hydrogens is 419 g/mol. The molecular formula is C20H22Cl2N2O3S. The number of hydrogen-bond donors (Lipinski definition) is 1. The molecule has 0 saturated carbocycles. The van der Waals surface area contributed by atoms with Gasteiger partial charge in [0.1, 0.15) is 0 Å². The molecule has 0 spiro atoms. The molecule has 1 aliphatic heterocycles. The number of anilines is 1. The van der Waals surface area contributed by atoms with E-state index in [-0.39, 0.29) is 17.2 Å². The Kier molecular flexibility index (Phi) is 6.65. The minimum Gasteiger partial charge on any atom is -0.378 e. The summed E-state index contributed by atoms with van der Waals surface area (Å²) in [5, 5.41) is 3.81. The Bertz CT molecular complexity index is 971. The van der Waals surface area contributed by atoms with Gasteiger partial charge >= 0.3 is 0 Å². The van der Waals surface area contributed by atoms with Crippen molar-refractivity contribution in [1.29, 1.82) is 0 Å². The number of rotatable bonds is 6. The largest absolute Gasteiger partial charge is 0.378 e. The third-order valence-corrected chi connectivity index (χ3v) is 7.54. The van der Waals surface area contributed by atoms with E-state index in [1.807, 2.05) is 0 Å². The summed E-state index contributed by atoms with van der Waals surface area (Å²) in [7, 11) is -3.59. The molecule has 0 bridgehead atoms. The van der Waals surface area contributed by atoms with Crippen LogP contribution >= 0.6 is 23.2 Å². The number of hydrogen-bond acceptors (Lipinski definition) is 4. The summed E-state index contributed by atoms with van der Waals surface area (Å²) >= 11 is 11.9. The van der Waals surface area contributed by atoms with E-state index in [4.69, 9.17) is 23.2 Å². The highest BCUT2D eigenvalue weighted by Crippen LogP contribution is 2.26. The van der Waals surface area contributed by atoms with Crippen molar-refractivity contribution in [2.24, 2.45) is 5.92 Å². The summed E-state index contributed by atoms with van der Waals surface area (Å²) in [6.07, 6.45) is 1.71. The number of benzene rings is 2. The summed E-state index contributed by atoms with van der Waals surface area (Å²) in [5.41, 5.74) is 1.01. The lowest BCUT2D eigenvalue weighted by atomic mass is 10.0. The predicted octanol–water partition coefficient (Wildman–Crippen LogP) is 4.71. The van der Waals surface area contributed by atoms with Crippen molar-refractivity contribution in [3.8, 4) is 0 Å². The van der Waals surface area contributed by atoms with Gasteiger partial charge in [-0.25, -0.2) is 8.42 Å². The molecule has 3 rings (SSSR count). The highest BCUT2D eigenvalue weighted by Gasteiger charge is 2.28. The number of nitrogens with zero attached hydrogens (tertiary/aromatic N) is 1. The molecule has 28 heavy (non-hydrogen) atoms. The van der Waals surface area contributed by atoms with Crippen molar-refractivity contribution in [1.82, 2.24) is 4.31 Å². The third-order valence-electron chi connectivity index (χ3n) is 4.91. The number of carbonyl (C=O) groups excluding carboxylic acids is 1. The maximum absolute atomic E-state index is 12.9. The number of piperidine rings is 1. The fourth-order valence-corrected chi connectivity index (χ4v) is 4.91. The van der Waals surface area contributed by atoms with Crippen molar-refractivity contribution < 1.29 is 13.2 Å². The molecule has 1 aliphatic rings. The van der Waals surface area contributed by atoms with E-state index in [9.17, 15) is 13.2 Å². The maximum Gasteiger partial charge on any atom is 0.243 e. The lowest BCUT2D eigenvalue weighted by Crippen LogP contribution is -2.37. The number of carbonyl (C=O) groups is 1. The number of Topliss-reactive ketones (excluding diaryl/α,β-unsaturated/α-hetero) is 1. The Morgan fingerprint density at radius 2 is 1.82 bits per heavy atom. The van der Waals surface area contributed by atoms with Gasteiger partial charge in [0, 0.05) is 24.3 Å². The third kappa shape index (κ3) is 4.87. The minimum atomic E-state index is -3.59. The fraction of sp³-hybridized carbons (Fsp3) is 0.350. The van der Waals surface area contributed by atoms with Crippen molar-refractivity contribution in [3.05, 3.63) is 58.1 Å². The fourth-order valence-electron chi connectivity index (χ4n) is 3.09. The van der Waals surface area contributed by atoms with Gasteiger partial charge in [-0.15, -0.1) is 0 Å². The average molecular weight is 441 g/mol. The highest BCUT2D eigenvalue weighted by atomic mass is 35.5. The van der Waals surface area contributed by atoms with Gasteiger partial charge in [0.2, 0.25) is 10.0 Å². The van der Waals surface area contributed by atoms with E-state index >= 15 is 0 Å². The van der Waals surface area contributed by atoms with Crippen molar-refractivity contribution >= 4 is 44.7 Å². The van der Waals surface area contributed by atoms with E-state index in [1.165, 1.54) is 16.4 Å². The zero-order valence-electron chi connectivity index (χ0n) is 15.5. The summed E-state index contributed by atoms with van der Waals surface area (Å²) in [4.78, 5) is 12.7. The lowest BCUT2D eigenvalue weighted by Gasteiger charge is -2.29. The van der Waals surface area contributed by atoms with E-state index in [0.29, 0.717) is 40.3 Å². The zero-order chi connectivity index (χ0) is 20.3. The molecule has 2 aromatic rings. The molecule has 1 saturated heterocycles. The molecule has 5 nitrogen and oxygen atoms in total. The van der Waals surface area contributed by atoms with Crippen LogP contribution in [0.4, 0.5) is 5.69 Å². The summed E-state index contributed by atoms with van der Waals surface area (Å²) in [5.74, 6) is 0.321. The molecule has 0 aliphatic carbocycles. The molecule has 1 N–H and O–H groups in total. The number of halogens is 2. The Hall–Kier alpha value is -1.60. The first kappa shape index (κ1) is 21.1. The van der Waals surface area contributed by atoms with Crippen molar-refractivity contribution in [2.45, 2.75) is 24.7 Å². The van der Waals surface area contributed by atoms with Gasteiger partial charge in [-0.3, -0.25) is 4.79 Å². The predicted molar refractivity (Wildman–Crippen MR) is 113 cm³/mol. The Morgan fingerprint density at radius 3 is 2.50 bits per heavy atom. The lowest BCUT2D eigenvalue weighted by molar-refractivity contribution is 0.101. The summed E-state index contributed by atoms with van der Waals surface area (Å²) < 4.78 is 27.3. The molecule has 2 aromatic carbocycles. The molecule has 0 aromatic heterocycles. The molecule has 0 radical (unpaired) electrons. The number of nitrogens with one attached hydrogen (secondary N) is 1. The van der Waals surface area contributed by atoms with Crippen LogP contribution in [0.3, 0.4) is 0 Å². The topological polar surface area (TPSA) is 66.5 Å². The normalized spacial score (nSPS) is 16.1. The first-order valence-corrected chi connectivity index (χ1v) is 11.3. The standard InChI is InChI=1S/C20H22Cl2N2O3S/c1-14-7-9-24(10-8-14)28(26,27)17-4-2-3-15(11-17)20(25)13-23-16-5-6-18(21)19(22)12-16/h2-6,11-12,14,23H,7-10,13H2,1H3. The highest BCUT2D eigenvalue weighted by molar-refractivity contribution is 7.89. The van der Waals surface area contributed by atoms with Crippen LogP contribution in [-0.2, 0) is 10.0 Å². The van der Waals surface area contributed by atoms with E-state index in [2.05, 4.69) is 12.2 Å². The summed E-state index contributed by atoms with van der Waals surface area (Å²) in [6, 6.07) is 11.2. The Labute approximate surface area is 175 Å². The van der Waals surface area contributed by atoms with E-state index < -0.39 is 10.0 Å². The van der Waals surface area contributed by atoms with Gasteiger partial charge in [-0.2, -0.15) is 4.31 Å². The molecule has 1 fully saturated rings. The van der Waals surface area contributed by atoms with Crippen molar-refractivity contribution in [3.63, 3.8) is 0 Å². The van der Waals surface area contributed by atoms with Crippen LogP contribution in [-0.4, -0.2) is 38.1 Å². The van der Waals surface area contributed by atoms with Gasteiger partial charge < -0.3 is 5.32 Å². The van der Waals surface area contributed by atoms with Crippen LogP contribution in [0.2, 0.25) is 10.0 Å². The Morgan fingerprint density at radius 1 is 1.11 bits per heavy atom. The quantitative estimate of drug-likeness (QED) is 0.660. The second kappa shape index (κ2) is 8.82. The van der Waals surface area contributed by atoms with E-state index in [0.717, 1.165) is 12.8 Å². The second-order valence-electron chi connectivity index (χ2n) is 7.02. The van der Waals surface area contributed by atoms with Crippen LogP contribution in [0.5, 0.6) is 0 Å². The summed E-state index contributed by atoms with van der Waals surface area (Å²) in [6.45, 7) is 3.17. The molecule has 1 heterocycles. The van der Waals surface area contributed by atoms with Crippen LogP contribution in [0.15, 0.2) is 47.4 Å². The minimum absolute atomic E-state index is 0.0166. The second-order valence-corrected chi connectivity index (χ2v) is 9.77. The number of sulfonamides is 1. The van der Waals surface area contributed by atoms with Crippen molar-refractivity contribution in [2.75, 3.05) is 25.0 Å². The first-order valence-electron chi connectivity index (χ1n) is 9.09.